The molecule has 0 bridgehead atoms. The van der Waals surface area contributed by atoms with Crippen molar-refractivity contribution in [2.24, 2.45) is 0 Å². The van der Waals surface area contributed by atoms with Gasteiger partial charge >= 0.3 is 0 Å². The van der Waals surface area contributed by atoms with Crippen LogP contribution in [0, 0.1) is 6.92 Å². The zero-order valence-corrected chi connectivity index (χ0v) is 14.0. The Morgan fingerprint density at radius 3 is 2.29 bits per heavy atom. The molecule has 1 aromatic rings. The highest BCUT2D eigenvalue weighted by atomic mass is 32.2. The van der Waals surface area contributed by atoms with Crippen LogP contribution in [0.2, 0.25) is 0 Å². The number of nitrogens with zero attached hydrogens (tertiary/aromatic N) is 2. The highest BCUT2D eigenvalue weighted by Gasteiger charge is 2.27. The minimum Gasteiger partial charge on any atom is -0.491 e. The molecule has 0 aromatic heterocycles. The number of ether oxygens (including phenoxy) is 1. The van der Waals surface area contributed by atoms with E-state index in [2.05, 4.69) is 4.90 Å². The Bertz CT molecular complexity index is 591. The van der Waals surface area contributed by atoms with E-state index in [1.807, 2.05) is 27.8 Å². The molecule has 1 aromatic carbocycles. The average molecular weight is 312 g/mol. The van der Waals surface area contributed by atoms with Gasteiger partial charge < -0.3 is 9.64 Å². The fourth-order valence-corrected chi connectivity index (χ4v) is 3.85. The minimum absolute atomic E-state index is 0.0730. The zero-order chi connectivity index (χ0) is 15.6. The highest BCUT2D eigenvalue weighted by molar-refractivity contribution is 7.89. The van der Waals surface area contributed by atoms with Gasteiger partial charge in [0.15, 0.2) is 0 Å². The average Bonchev–Trinajstić information content (AvgIpc) is 2.41. The summed E-state index contributed by atoms with van der Waals surface area (Å²) in [6, 6.07) is 5.09. The normalized spacial score (nSPS) is 18.1. The van der Waals surface area contributed by atoms with Crippen molar-refractivity contribution in [1.82, 2.24) is 9.21 Å². The molecule has 2 rings (SSSR count). The molecular weight excluding hydrogens is 288 g/mol. The SMILES string of the molecule is Cc1cc(S(=O)(=O)N2CCN(C)CC2)ccc1OC(C)C. The van der Waals surface area contributed by atoms with Crippen molar-refractivity contribution in [1.29, 1.82) is 0 Å². The van der Waals surface area contributed by atoms with Gasteiger partial charge in [-0.05, 0) is 51.6 Å². The first kappa shape index (κ1) is 16.3. The molecule has 21 heavy (non-hydrogen) atoms. The quantitative estimate of drug-likeness (QED) is 0.849. The second-order valence-corrected chi connectivity index (χ2v) is 7.74. The third-order valence-corrected chi connectivity index (χ3v) is 5.50. The lowest BCUT2D eigenvalue weighted by Gasteiger charge is -2.31. The number of aryl methyl sites for hydroxylation is 1. The van der Waals surface area contributed by atoms with E-state index in [9.17, 15) is 8.42 Å². The fraction of sp³-hybridized carbons (Fsp3) is 0.600. The summed E-state index contributed by atoms with van der Waals surface area (Å²) in [6.45, 7) is 8.41. The molecule has 0 N–H and O–H groups in total. The van der Waals surface area contributed by atoms with Gasteiger partial charge in [-0.25, -0.2) is 8.42 Å². The van der Waals surface area contributed by atoms with Crippen LogP contribution in [0.15, 0.2) is 23.1 Å². The number of benzene rings is 1. The van der Waals surface area contributed by atoms with E-state index in [1.54, 1.807) is 22.5 Å². The first-order chi connectivity index (χ1) is 9.80. The van der Waals surface area contributed by atoms with Crippen LogP contribution in [0.3, 0.4) is 0 Å². The lowest BCUT2D eigenvalue weighted by molar-refractivity contribution is 0.222. The number of hydrogen-bond donors (Lipinski definition) is 0. The van der Waals surface area contributed by atoms with Crippen molar-refractivity contribution in [2.45, 2.75) is 31.8 Å². The number of sulfonamides is 1. The molecule has 1 saturated heterocycles. The van der Waals surface area contributed by atoms with Crippen molar-refractivity contribution < 1.29 is 13.2 Å². The summed E-state index contributed by atoms with van der Waals surface area (Å²) in [5.41, 5.74) is 0.846. The molecule has 1 heterocycles. The molecule has 0 spiro atoms. The Labute approximate surface area is 127 Å². The summed E-state index contributed by atoms with van der Waals surface area (Å²) < 4.78 is 32.5. The molecule has 6 heteroatoms. The number of likely N-dealkylation sites (N-methyl/N-ethyl adjacent to an activating group) is 1. The Balaban J connectivity index is 2.22. The van der Waals surface area contributed by atoms with E-state index in [0.717, 1.165) is 24.4 Å². The molecule has 1 fully saturated rings. The maximum absolute atomic E-state index is 12.6. The highest BCUT2D eigenvalue weighted by Crippen LogP contribution is 2.25. The largest absolute Gasteiger partial charge is 0.491 e. The summed E-state index contributed by atoms with van der Waals surface area (Å²) in [5, 5.41) is 0. The maximum Gasteiger partial charge on any atom is 0.243 e. The van der Waals surface area contributed by atoms with Gasteiger partial charge in [0.05, 0.1) is 11.0 Å². The lowest BCUT2D eigenvalue weighted by Crippen LogP contribution is -2.47. The summed E-state index contributed by atoms with van der Waals surface area (Å²) >= 11 is 0. The van der Waals surface area contributed by atoms with Gasteiger partial charge in [0, 0.05) is 26.2 Å². The molecule has 0 aliphatic carbocycles. The molecule has 0 radical (unpaired) electrons. The van der Waals surface area contributed by atoms with Crippen LogP contribution in [0.1, 0.15) is 19.4 Å². The number of piperazine rings is 1. The van der Waals surface area contributed by atoms with Crippen LogP contribution < -0.4 is 4.74 Å². The van der Waals surface area contributed by atoms with E-state index in [1.165, 1.54) is 0 Å². The van der Waals surface area contributed by atoms with Crippen LogP contribution in [0.4, 0.5) is 0 Å². The molecule has 118 valence electrons. The third kappa shape index (κ3) is 3.75. The second-order valence-electron chi connectivity index (χ2n) is 5.80. The molecule has 1 aliphatic heterocycles. The van der Waals surface area contributed by atoms with Gasteiger partial charge in [-0.2, -0.15) is 4.31 Å². The fourth-order valence-electron chi connectivity index (χ4n) is 2.35. The van der Waals surface area contributed by atoms with Crippen molar-refractivity contribution >= 4 is 10.0 Å². The van der Waals surface area contributed by atoms with E-state index in [0.29, 0.717) is 18.0 Å². The Morgan fingerprint density at radius 2 is 1.76 bits per heavy atom. The Kier molecular flexibility index (Phi) is 4.91. The molecule has 0 amide bonds. The van der Waals surface area contributed by atoms with Crippen molar-refractivity contribution in [3.8, 4) is 5.75 Å². The lowest BCUT2D eigenvalue weighted by atomic mass is 10.2. The predicted octanol–water partition coefficient (Wildman–Crippen LogP) is 1.72. The van der Waals surface area contributed by atoms with Gasteiger partial charge in [0.1, 0.15) is 5.75 Å². The minimum atomic E-state index is -3.40. The molecule has 5 nitrogen and oxygen atoms in total. The van der Waals surface area contributed by atoms with Crippen LogP contribution in [0.25, 0.3) is 0 Å². The van der Waals surface area contributed by atoms with E-state index >= 15 is 0 Å². The van der Waals surface area contributed by atoms with Crippen molar-refractivity contribution in [3.63, 3.8) is 0 Å². The number of rotatable bonds is 4. The van der Waals surface area contributed by atoms with Gasteiger partial charge in [-0.3, -0.25) is 0 Å². The first-order valence-electron chi connectivity index (χ1n) is 7.26. The van der Waals surface area contributed by atoms with Crippen LogP contribution in [-0.4, -0.2) is 57.0 Å². The zero-order valence-electron chi connectivity index (χ0n) is 13.2. The predicted molar refractivity (Wildman–Crippen MR) is 83.2 cm³/mol. The monoisotopic (exact) mass is 312 g/mol. The van der Waals surface area contributed by atoms with Crippen LogP contribution >= 0.6 is 0 Å². The van der Waals surface area contributed by atoms with Crippen LogP contribution in [-0.2, 0) is 10.0 Å². The van der Waals surface area contributed by atoms with Gasteiger partial charge in [0.25, 0.3) is 0 Å². The van der Waals surface area contributed by atoms with E-state index in [4.69, 9.17) is 4.74 Å². The molecular formula is C15H24N2O3S. The topological polar surface area (TPSA) is 49.9 Å². The van der Waals surface area contributed by atoms with E-state index < -0.39 is 10.0 Å². The Hall–Kier alpha value is -1.11. The summed E-state index contributed by atoms with van der Waals surface area (Å²) in [4.78, 5) is 2.48. The second kappa shape index (κ2) is 6.34. The van der Waals surface area contributed by atoms with Gasteiger partial charge in [0.2, 0.25) is 10.0 Å². The van der Waals surface area contributed by atoms with Crippen molar-refractivity contribution in [2.75, 3.05) is 33.2 Å². The standard InChI is InChI=1S/C15H24N2O3S/c1-12(2)20-15-6-5-14(11-13(15)3)21(18,19)17-9-7-16(4)8-10-17/h5-6,11-12H,7-10H2,1-4H3. The summed E-state index contributed by atoms with van der Waals surface area (Å²) in [5.74, 6) is 0.738. The molecule has 0 unspecified atom stereocenters. The Morgan fingerprint density at radius 1 is 1.14 bits per heavy atom. The van der Waals surface area contributed by atoms with Gasteiger partial charge in [-0.1, -0.05) is 0 Å². The van der Waals surface area contributed by atoms with Crippen LogP contribution in [0.5, 0.6) is 5.75 Å². The summed E-state index contributed by atoms with van der Waals surface area (Å²) in [6.07, 6.45) is 0.0730. The third-order valence-electron chi connectivity index (χ3n) is 3.61. The smallest absolute Gasteiger partial charge is 0.243 e. The van der Waals surface area contributed by atoms with Crippen molar-refractivity contribution in [3.05, 3.63) is 23.8 Å². The first-order valence-corrected chi connectivity index (χ1v) is 8.70. The van der Waals surface area contributed by atoms with Gasteiger partial charge in [-0.15, -0.1) is 0 Å². The molecule has 1 aliphatic rings. The maximum atomic E-state index is 12.6. The molecule has 0 saturated carbocycles. The summed E-state index contributed by atoms with van der Waals surface area (Å²) in [7, 11) is -1.40. The number of hydrogen-bond acceptors (Lipinski definition) is 4. The molecule has 0 atom stereocenters. The van der Waals surface area contributed by atoms with E-state index in [-0.39, 0.29) is 6.10 Å².